The average molecular weight is 426 g/mol. The van der Waals surface area contributed by atoms with Gasteiger partial charge in [0.25, 0.3) is 5.91 Å². The van der Waals surface area contributed by atoms with Crippen molar-refractivity contribution in [3.05, 3.63) is 65.2 Å². The van der Waals surface area contributed by atoms with Crippen molar-refractivity contribution in [1.29, 1.82) is 0 Å². The van der Waals surface area contributed by atoms with Crippen LogP contribution in [0, 0.1) is 0 Å². The van der Waals surface area contributed by atoms with Crippen LogP contribution in [0.3, 0.4) is 0 Å². The molecule has 3 N–H and O–H groups in total. The van der Waals surface area contributed by atoms with Gasteiger partial charge in [-0.05, 0) is 42.3 Å². The maximum absolute atomic E-state index is 12.2. The number of nitrogens with zero attached hydrogens (tertiary/aromatic N) is 2. The van der Waals surface area contributed by atoms with E-state index in [2.05, 4.69) is 20.9 Å². The Kier molecular flexibility index (Phi) is 9.35. The van der Waals surface area contributed by atoms with Crippen molar-refractivity contribution in [1.82, 2.24) is 20.9 Å². The minimum absolute atomic E-state index is 0.0364. The number of amides is 2. The summed E-state index contributed by atoms with van der Waals surface area (Å²) in [7, 11) is 5.07. The Morgan fingerprint density at radius 1 is 0.935 bits per heavy atom. The Labute approximate surface area is 183 Å². The number of ether oxygens (including phenoxy) is 1. The second-order valence-corrected chi connectivity index (χ2v) is 7.07. The molecule has 2 rings (SSSR count). The van der Waals surface area contributed by atoms with Crippen molar-refractivity contribution in [3.8, 4) is 5.75 Å². The molecule has 8 nitrogen and oxygen atoms in total. The fourth-order valence-corrected chi connectivity index (χ4v) is 2.69. The van der Waals surface area contributed by atoms with Gasteiger partial charge in [0, 0.05) is 32.7 Å². The van der Waals surface area contributed by atoms with E-state index in [0.29, 0.717) is 31.2 Å². The molecule has 0 heterocycles. The van der Waals surface area contributed by atoms with Crippen LogP contribution in [0.2, 0.25) is 0 Å². The van der Waals surface area contributed by atoms with E-state index in [1.807, 2.05) is 43.3 Å². The number of rotatable bonds is 9. The van der Waals surface area contributed by atoms with Gasteiger partial charge in [-0.3, -0.25) is 9.59 Å². The number of carbonyl (C=O) groups excluding carboxylic acids is 2. The van der Waals surface area contributed by atoms with Crippen molar-refractivity contribution < 1.29 is 14.3 Å². The summed E-state index contributed by atoms with van der Waals surface area (Å²) < 4.78 is 5.13. The molecular formula is C23H31N5O3. The van der Waals surface area contributed by atoms with Crippen molar-refractivity contribution in [2.24, 2.45) is 4.99 Å². The lowest BCUT2D eigenvalue weighted by Gasteiger charge is -2.12. The van der Waals surface area contributed by atoms with Gasteiger partial charge in [0.2, 0.25) is 5.91 Å². The molecule has 0 aliphatic rings. The number of nitrogens with one attached hydrogen (secondary N) is 3. The normalized spacial score (nSPS) is 10.9. The quantitative estimate of drug-likeness (QED) is 0.420. The van der Waals surface area contributed by atoms with Crippen LogP contribution in [0.25, 0.3) is 0 Å². The van der Waals surface area contributed by atoms with E-state index in [4.69, 9.17) is 4.74 Å². The zero-order valence-electron chi connectivity index (χ0n) is 18.6. The molecule has 0 spiro atoms. The van der Waals surface area contributed by atoms with Gasteiger partial charge in [0.1, 0.15) is 5.75 Å². The summed E-state index contributed by atoms with van der Waals surface area (Å²) in [5, 5.41) is 9.03. The highest BCUT2D eigenvalue weighted by Crippen LogP contribution is 2.11. The predicted molar refractivity (Wildman–Crippen MR) is 122 cm³/mol. The van der Waals surface area contributed by atoms with Gasteiger partial charge in [-0.1, -0.05) is 24.3 Å². The molecule has 0 bridgehead atoms. The number of benzene rings is 2. The maximum atomic E-state index is 12.2. The third-order valence-corrected chi connectivity index (χ3v) is 4.44. The molecule has 0 aliphatic carbocycles. The van der Waals surface area contributed by atoms with Crippen molar-refractivity contribution >= 4 is 17.8 Å². The van der Waals surface area contributed by atoms with E-state index in [1.165, 1.54) is 0 Å². The smallest absolute Gasteiger partial charge is 0.253 e. The third-order valence-electron chi connectivity index (χ3n) is 4.44. The fraction of sp³-hybridized carbons (Fsp3) is 0.348. The highest BCUT2D eigenvalue weighted by atomic mass is 16.5. The minimum Gasteiger partial charge on any atom is -0.497 e. The Hall–Kier alpha value is -3.55. The van der Waals surface area contributed by atoms with Gasteiger partial charge in [-0.15, -0.1) is 0 Å². The molecule has 0 aliphatic heterocycles. The standard InChI is InChI=1S/C23H31N5O3/c1-5-24-23(26-15-17-6-10-19(11-7-17)22(30)28(2)3)27-16-21(29)25-14-18-8-12-20(31-4)13-9-18/h6-13H,5,14-16H2,1-4H3,(H,25,29)(H2,24,26,27). The van der Waals surface area contributed by atoms with E-state index >= 15 is 0 Å². The number of aliphatic imine (C=N–C) groups is 1. The molecule has 31 heavy (non-hydrogen) atoms. The molecule has 166 valence electrons. The van der Waals surface area contributed by atoms with Gasteiger partial charge in [0.15, 0.2) is 5.96 Å². The lowest BCUT2D eigenvalue weighted by molar-refractivity contribution is -0.120. The van der Waals surface area contributed by atoms with Crippen LogP contribution < -0.4 is 20.7 Å². The Bertz CT molecular complexity index is 877. The first-order valence-corrected chi connectivity index (χ1v) is 10.1. The number of hydrogen-bond acceptors (Lipinski definition) is 4. The number of hydrogen-bond donors (Lipinski definition) is 3. The molecule has 2 aromatic carbocycles. The molecule has 0 unspecified atom stereocenters. The molecule has 0 fully saturated rings. The van der Waals surface area contributed by atoms with E-state index in [0.717, 1.165) is 16.9 Å². The van der Waals surface area contributed by atoms with Crippen LogP contribution in [0.15, 0.2) is 53.5 Å². The maximum Gasteiger partial charge on any atom is 0.253 e. The largest absolute Gasteiger partial charge is 0.497 e. The van der Waals surface area contributed by atoms with Crippen molar-refractivity contribution in [2.45, 2.75) is 20.0 Å². The van der Waals surface area contributed by atoms with E-state index in [1.54, 1.807) is 38.2 Å². The topological polar surface area (TPSA) is 95.1 Å². The summed E-state index contributed by atoms with van der Waals surface area (Å²) in [4.78, 5) is 30.2. The number of methoxy groups -OCH3 is 1. The van der Waals surface area contributed by atoms with Crippen molar-refractivity contribution in [3.63, 3.8) is 0 Å². The third kappa shape index (κ3) is 8.00. The minimum atomic E-state index is -0.132. The van der Waals surface area contributed by atoms with Gasteiger partial charge in [-0.2, -0.15) is 0 Å². The summed E-state index contributed by atoms with van der Waals surface area (Å²) >= 11 is 0. The van der Waals surface area contributed by atoms with Crippen LogP contribution in [0.5, 0.6) is 5.75 Å². The first-order valence-electron chi connectivity index (χ1n) is 10.1. The van der Waals surface area contributed by atoms with Gasteiger partial charge in [-0.25, -0.2) is 4.99 Å². The fourth-order valence-electron chi connectivity index (χ4n) is 2.69. The Morgan fingerprint density at radius 2 is 1.58 bits per heavy atom. The van der Waals surface area contributed by atoms with Crippen LogP contribution in [-0.4, -0.2) is 57.0 Å². The summed E-state index contributed by atoms with van der Waals surface area (Å²) in [6, 6.07) is 14.9. The molecule has 2 amide bonds. The summed E-state index contributed by atoms with van der Waals surface area (Å²) in [6.45, 7) is 3.62. The molecule has 2 aromatic rings. The second kappa shape index (κ2) is 12.2. The van der Waals surface area contributed by atoms with Crippen LogP contribution in [-0.2, 0) is 17.9 Å². The number of carbonyl (C=O) groups is 2. The molecule has 0 saturated carbocycles. The molecule has 0 aromatic heterocycles. The number of guanidine groups is 1. The highest BCUT2D eigenvalue weighted by molar-refractivity contribution is 5.93. The molecule has 0 atom stereocenters. The molecular weight excluding hydrogens is 394 g/mol. The summed E-state index contributed by atoms with van der Waals surface area (Å²) in [5.74, 6) is 1.16. The van der Waals surface area contributed by atoms with Crippen molar-refractivity contribution in [2.75, 3.05) is 34.3 Å². The van der Waals surface area contributed by atoms with Crippen LogP contribution in [0.4, 0.5) is 0 Å². The molecule has 0 saturated heterocycles. The first-order chi connectivity index (χ1) is 14.9. The summed E-state index contributed by atoms with van der Waals surface area (Å²) in [6.07, 6.45) is 0. The SMILES string of the molecule is CCNC(=NCc1ccc(C(=O)N(C)C)cc1)NCC(=O)NCc1ccc(OC)cc1. The Morgan fingerprint density at radius 3 is 2.16 bits per heavy atom. The van der Waals surface area contributed by atoms with E-state index in [-0.39, 0.29) is 18.4 Å². The second-order valence-electron chi connectivity index (χ2n) is 7.07. The van der Waals surface area contributed by atoms with Gasteiger partial charge in [0.05, 0.1) is 20.2 Å². The molecule has 0 radical (unpaired) electrons. The van der Waals surface area contributed by atoms with Gasteiger partial charge >= 0.3 is 0 Å². The zero-order chi connectivity index (χ0) is 22.6. The van der Waals surface area contributed by atoms with E-state index in [9.17, 15) is 9.59 Å². The summed E-state index contributed by atoms with van der Waals surface area (Å²) in [5.41, 5.74) is 2.60. The lowest BCUT2D eigenvalue weighted by atomic mass is 10.1. The first kappa shape index (κ1) is 23.7. The van der Waals surface area contributed by atoms with Gasteiger partial charge < -0.3 is 25.6 Å². The Balaban J connectivity index is 1.84. The van der Waals surface area contributed by atoms with Crippen LogP contribution in [0.1, 0.15) is 28.4 Å². The zero-order valence-corrected chi connectivity index (χ0v) is 18.6. The van der Waals surface area contributed by atoms with Crippen LogP contribution >= 0.6 is 0 Å². The highest BCUT2D eigenvalue weighted by Gasteiger charge is 2.07. The lowest BCUT2D eigenvalue weighted by Crippen LogP contribution is -2.43. The predicted octanol–water partition coefficient (Wildman–Crippen LogP) is 1.77. The van der Waals surface area contributed by atoms with E-state index < -0.39 is 0 Å². The molecule has 8 heteroatoms. The average Bonchev–Trinajstić information content (AvgIpc) is 2.79. The monoisotopic (exact) mass is 425 g/mol.